The van der Waals surface area contributed by atoms with Gasteiger partial charge in [-0.25, -0.2) is 8.42 Å². The summed E-state index contributed by atoms with van der Waals surface area (Å²) in [6.45, 7) is 10.5. The van der Waals surface area contributed by atoms with E-state index in [0.717, 1.165) is 21.2 Å². The van der Waals surface area contributed by atoms with Crippen LogP contribution < -0.4 is 9.62 Å². The summed E-state index contributed by atoms with van der Waals surface area (Å²) in [6, 6.07) is 12.6. The number of halogens is 1. The van der Waals surface area contributed by atoms with Crippen LogP contribution in [0.5, 0.6) is 0 Å². The fourth-order valence-electron chi connectivity index (χ4n) is 3.84. The van der Waals surface area contributed by atoms with Crippen LogP contribution in [0, 0.1) is 19.8 Å². The SMILES string of the molecule is Cc1ccc(C)c(N(CCCC(=O)N(Cc2cccc(Br)c2)[C@H](C)C(=O)NCC(C)C)S(C)(=O)=O)c1. The molecule has 2 aromatic carbocycles. The number of benzene rings is 2. The molecule has 0 aliphatic rings. The highest BCUT2D eigenvalue weighted by Crippen LogP contribution is 2.25. The largest absolute Gasteiger partial charge is 0.354 e. The molecule has 9 heteroatoms. The maximum Gasteiger partial charge on any atom is 0.242 e. The molecule has 0 fully saturated rings. The van der Waals surface area contributed by atoms with Crippen LogP contribution in [0.2, 0.25) is 0 Å². The van der Waals surface area contributed by atoms with E-state index < -0.39 is 16.1 Å². The average molecular weight is 581 g/mol. The minimum Gasteiger partial charge on any atom is -0.354 e. The summed E-state index contributed by atoms with van der Waals surface area (Å²) in [4.78, 5) is 27.8. The van der Waals surface area contributed by atoms with E-state index in [2.05, 4.69) is 21.2 Å². The predicted octanol–water partition coefficient (Wildman–Crippen LogP) is 4.80. The Morgan fingerprint density at radius 3 is 2.36 bits per heavy atom. The molecular formula is C27H38BrN3O4S. The molecule has 2 aromatic rings. The third kappa shape index (κ3) is 8.92. The van der Waals surface area contributed by atoms with Gasteiger partial charge in [-0.05, 0) is 68.0 Å². The zero-order chi connectivity index (χ0) is 27.0. The van der Waals surface area contributed by atoms with Crippen molar-refractivity contribution in [3.05, 3.63) is 63.6 Å². The lowest BCUT2D eigenvalue weighted by Gasteiger charge is -2.30. The first-order valence-electron chi connectivity index (χ1n) is 12.2. The second kappa shape index (κ2) is 13.2. The molecule has 0 saturated carbocycles. The molecule has 0 aromatic heterocycles. The summed E-state index contributed by atoms with van der Waals surface area (Å²) in [5.41, 5.74) is 3.33. The number of rotatable bonds is 12. The van der Waals surface area contributed by atoms with Crippen molar-refractivity contribution in [3.8, 4) is 0 Å². The normalized spacial score (nSPS) is 12.3. The lowest BCUT2D eigenvalue weighted by molar-refractivity contribution is -0.140. The monoisotopic (exact) mass is 579 g/mol. The van der Waals surface area contributed by atoms with E-state index >= 15 is 0 Å². The van der Waals surface area contributed by atoms with Crippen molar-refractivity contribution >= 4 is 43.5 Å². The van der Waals surface area contributed by atoms with Gasteiger partial charge in [0.15, 0.2) is 0 Å². The van der Waals surface area contributed by atoms with Crippen LogP contribution in [0.3, 0.4) is 0 Å². The Morgan fingerprint density at radius 1 is 1.06 bits per heavy atom. The molecule has 0 radical (unpaired) electrons. The zero-order valence-corrected chi connectivity index (χ0v) is 24.4. The minimum atomic E-state index is -3.53. The summed E-state index contributed by atoms with van der Waals surface area (Å²) < 4.78 is 27.4. The van der Waals surface area contributed by atoms with Gasteiger partial charge in [0, 0.05) is 30.5 Å². The minimum absolute atomic E-state index is 0.118. The first-order chi connectivity index (χ1) is 16.8. The highest BCUT2D eigenvalue weighted by atomic mass is 79.9. The van der Waals surface area contributed by atoms with E-state index in [1.54, 1.807) is 11.8 Å². The molecule has 2 amide bonds. The molecule has 0 heterocycles. The number of nitrogens with zero attached hydrogens (tertiary/aromatic N) is 2. The van der Waals surface area contributed by atoms with Crippen molar-refractivity contribution in [2.24, 2.45) is 5.92 Å². The fourth-order valence-corrected chi connectivity index (χ4v) is 5.30. The summed E-state index contributed by atoms with van der Waals surface area (Å²) in [6.07, 6.45) is 1.62. The Labute approximate surface area is 224 Å². The van der Waals surface area contributed by atoms with E-state index in [1.807, 2.05) is 70.2 Å². The van der Waals surface area contributed by atoms with Crippen molar-refractivity contribution in [1.82, 2.24) is 10.2 Å². The Kier molecular flexibility index (Phi) is 11.0. The summed E-state index contributed by atoms with van der Waals surface area (Å²) in [5, 5.41) is 2.91. The second-order valence-electron chi connectivity index (χ2n) is 9.70. The number of amides is 2. The highest BCUT2D eigenvalue weighted by Gasteiger charge is 2.27. The molecule has 0 bridgehead atoms. The van der Waals surface area contributed by atoms with Crippen LogP contribution in [0.15, 0.2) is 46.9 Å². The summed E-state index contributed by atoms with van der Waals surface area (Å²) in [5.74, 6) is -0.112. The van der Waals surface area contributed by atoms with Crippen molar-refractivity contribution in [2.45, 2.75) is 60.0 Å². The van der Waals surface area contributed by atoms with Crippen LogP contribution in [0.4, 0.5) is 5.69 Å². The third-order valence-corrected chi connectivity index (χ3v) is 7.55. The van der Waals surface area contributed by atoms with E-state index in [9.17, 15) is 18.0 Å². The van der Waals surface area contributed by atoms with Crippen molar-refractivity contribution in [1.29, 1.82) is 0 Å². The molecule has 0 aliphatic heterocycles. The van der Waals surface area contributed by atoms with Gasteiger partial charge in [0.05, 0.1) is 11.9 Å². The van der Waals surface area contributed by atoms with Gasteiger partial charge >= 0.3 is 0 Å². The standard InChI is InChI=1S/C27H38BrN3O4S/c1-19(2)17-29-27(33)22(5)30(18-23-9-7-10-24(28)16-23)26(32)11-8-14-31(36(6,34)35)25-15-20(3)12-13-21(25)4/h7,9-10,12-13,15-16,19,22H,8,11,14,17-18H2,1-6H3,(H,29,33)/t22-/m1/s1. The number of hydrogen-bond donors (Lipinski definition) is 1. The first-order valence-corrected chi connectivity index (χ1v) is 14.8. The van der Waals surface area contributed by atoms with Gasteiger partial charge in [-0.3, -0.25) is 13.9 Å². The number of aryl methyl sites for hydroxylation is 2. The van der Waals surface area contributed by atoms with Crippen molar-refractivity contribution in [2.75, 3.05) is 23.7 Å². The summed E-state index contributed by atoms with van der Waals surface area (Å²) >= 11 is 3.46. The highest BCUT2D eigenvalue weighted by molar-refractivity contribution is 9.10. The van der Waals surface area contributed by atoms with Crippen molar-refractivity contribution < 1.29 is 18.0 Å². The van der Waals surface area contributed by atoms with Crippen LogP contribution in [0.25, 0.3) is 0 Å². The molecule has 0 saturated heterocycles. The fraction of sp³-hybridized carbons (Fsp3) is 0.481. The van der Waals surface area contributed by atoms with Crippen LogP contribution in [-0.4, -0.2) is 50.5 Å². The molecule has 1 atom stereocenters. The van der Waals surface area contributed by atoms with Gasteiger partial charge in [0.25, 0.3) is 0 Å². The van der Waals surface area contributed by atoms with Gasteiger partial charge in [0.2, 0.25) is 21.8 Å². The van der Waals surface area contributed by atoms with Crippen LogP contribution in [-0.2, 0) is 26.2 Å². The van der Waals surface area contributed by atoms with Gasteiger partial charge in [0.1, 0.15) is 6.04 Å². The topological polar surface area (TPSA) is 86.8 Å². The number of anilines is 1. The number of carbonyl (C=O) groups is 2. The van der Waals surface area contributed by atoms with E-state index in [4.69, 9.17) is 0 Å². The molecule has 36 heavy (non-hydrogen) atoms. The van der Waals surface area contributed by atoms with Gasteiger partial charge in [-0.15, -0.1) is 0 Å². The maximum absolute atomic E-state index is 13.4. The molecule has 1 N–H and O–H groups in total. The maximum atomic E-state index is 13.4. The van der Waals surface area contributed by atoms with Gasteiger partial charge in [-0.1, -0.05) is 54.0 Å². The molecular weight excluding hydrogens is 542 g/mol. The Bertz CT molecular complexity index is 1170. The molecule has 7 nitrogen and oxygen atoms in total. The molecule has 0 spiro atoms. The van der Waals surface area contributed by atoms with E-state index in [0.29, 0.717) is 24.6 Å². The molecule has 198 valence electrons. The molecule has 0 unspecified atom stereocenters. The second-order valence-corrected chi connectivity index (χ2v) is 12.5. The number of carbonyl (C=O) groups excluding carboxylic acids is 2. The lowest BCUT2D eigenvalue weighted by Crippen LogP contribution is -2.48. The average Bonchev–Trinajstić information content (AvgIpc) is 2.79. The smallest absolute Gasteiger partial charge is 0.242 e. The molecule has 2 rings (SSSR count). The van der Waals surface area contributed by atoms with Gasteiger partial charge < -0.3 is 10.2 Å². The Hall–Kier alpha value is -2.39. The van der Waals surface area contributed by atoms with E-state index in [1.165, 1.54) is 10.6 Å². The Morgan fingerprint density at radius 2 is 1.75 bits per heavy atom. The van der Waals surface area contributed by atoms with E-state index in [-0.39, 0.29) is 31.3 Å². The zero-order valence-electron chi connectivity index (χ0n) is 22.0. The van der Waals surface area contributed by atoms with Crippen LogP contribution >= 0.6 is 15.9 Å². The van der Waals surface area contributed by atoms with Gasteiger partial charge in [-0.2, -0.15) is 0 Å². The lowest BCUT2D eigenvalue weighted by atomic mass is 10.1. The number of nitrogens with one attached hydrogen (secondary N) is 1. The predicted molar refractivity (Wildman–Crippen MR) is 149 cm³/mol. The third-order valence-electron chi connectivity index (χ3n) is 5.88. The first kappa shape index (κ1) is 29.8. The molecule has 0 aliphatic carbocycles. The number of sulfonamides is 1. The number of hydrogen-bond acceptors (Lipinski definition) is 4. The quantitative estimate of drug-likeness (QED) is 0.391. The van der Waals surface area contributed by atoms with Crippen LogP contribution in [0.1, 0.15) is 50.3 Å². The summed E-state index contributed by atoms with van der Waals surface area (Å²) in [7, 11) is -3.53. The van der Waals surface area contributed by atoms with Crippen molar-refractivity contribution in [3.63, 3.8) is 0 Å². The Balaban J connectivity index is 2.19.